The number of rotatable bonds is 12. The number of carbonyl (C=O) groups excluding carboxylic acids is 2. The summed E-state index contributed by atoms with van der Waals surface area (Å²) < 4.78 is 9.51. The van der Waals surface area contributed by atoms with Crippen molar-refractivity contribution in [3.05, 3.63) is 12.2 Å². The summed E-state index contributed by atoms with van der Waals surface area (Å²) in [5, 5.41) is 0. The second kappa shape index (κ2) is 12.7. The first-order valence-electron chi connectivity index (χ1n) is 7.53. The van der Waals surface area contributed by atoms with Crippen LogP contribution in [0.2, 0.25) is 0 Å². The molecule has 0 radical (unpaired) electrons. The van der Waals surface area contributed by atoms with E-state index in [-0.39, 0.29) is 12.0 Å². The van der Waals surface area contributed by atoms with E-state index in [0.29, 0.717) is 6.61 Å². The van der Waals surface area contributed by atoms with E-state index >= 15 is 0 Å². The van der Waals surface area contributed by atoms with Crippen LogP contribution < -0.4 is 0 Å². The van der Waals surface area contributed by atoms with E-state index in [4.69, 9.17) is 4.74 Å². The van der Waals surface area contributed by atoms with Crippen molar-refractivity contribution in [1.82, 2.24) is 0 Å². The largest absolute Gasteiger partial charge is 0.466 e. The maximum absolute atomic E-state index is 11.4. The highest BCUT2D eigenvalue weighted by atomic mass is 16.5. The number of carbonyl (C=O) groups is 2. The number of ether oxygens (including phenoxy) is 2. The lowest BCUT2D eigenvalue weighted by Gasteiger charge is -2.06. The fourth-order valence-electron chi connectivity index (χ4n) is 1.86. The molecule has 0 N–H and O–H groups in total. The molecule has 0 atom stereocenters. The summed E-state index contributed by atoms with van der Waals surface area (Å²) in [6, 6.07) is 0. The van der Waals surface area contributed by atoms with Gasteiger partial charge in [0, 0.05) is 5.57 Å². The van der Waals surface area contributed by atoms with Gasteiger partial charge in [-0.05, 0) is 6.42 Å². The number of esters is 2. The molecule has 0 spiro atoms. The Bertz CT molecular complexity index is 297. The highest BCUT2D eigenvalue weighted by molar-refractivity contribution is 5.93. The van der Waals surface area contributed by atoms with Gasteiger partial charge in [-0.3, -0.25) is 4.79 Å². The molecule has 0 bridgehead atoms. The Labute approximate surface area is 122 Å². The van der Waals surface area contributed by atoms with Crippen LogP contribution >= 0.6 is 0 Å². The molecule has 20 heavy (non-hydrogen) atoms. The third-order valence-corrected chi connectivity index (χ3v) is 3.09. The smallest absolute Gasteiger partial charge is 0.333 e. The third-order valence-electron chi connectivity index (χ3n) is 3.09. The van der Waals surface area contributed by atoms with Crippen molar-refractivity contribution in [3.8, 4) is 0 Å². The SMILES string of the molecule is C=C(CC(=O)OCCCCCCCCCC)C(=O)OC. The van der Waals surface area contributed by atoms with Crippen LogP contribution in [0.1, 0.15) is 64.7 Å². The molecule has 0 saturated carbocycles. The average Bonchev–Trinajstić information content (AvgIpc) is 2.44. The van der Waals surface area contributed by atoms with Crippen LogP contribution in [0.3, 0.4) is 0 Å². The Morgan fingerprint density at radius 3 is 2.05 bits per heavy atom. The molecule has 0 aromatic carbocycles. The van der Waals surface area contributed by atoms with Crippen LogP contribution in [0.5, 0.6) is 0 Å². The molecule has 0 amide bonds. The van der Waals surface area contributed by atoms with Gasteiger partial charge in [-0.15, -0.1) is 0 Å². The zero-order valence-corrected chi connectivity index (χ0v) is 12.9. The molecule has 0 fully saturated rings. The molecule has 0 saturated heterocycles. The van der Waals surface area contributed by atoms with Gasteiger partial charge >= 0.3 is 11.9 Å². The van der Waals surface area contributed by atoms with Crippen molar-refractivity contribution in [1.29, 1.82) is 0 Å². The molecule has 0 heterocycles. The van der Waals surface area contributed by atoms with Crippen molar-refractivity contribution >= 4 is 11.9 Å². The molecule has 0 aliphatic rings. The van der Waals surface area contributed by atoms with Crippen LogP contribution in [0.4, 0.5) is 0 Å². The maximum atomic E-state index is 11.4. The Balaban J connectivity index is 3.40. The average molecular weight is 284 g/mol. The number of unbranched alkanes of at least 4 members (excludes halogenated alkanes) is 7. The predicted molar refractivity (Wildman–Crippen MR) is 79.3 cm³/mol. The van der Waals surface area contributed by atoms with E-state index in [1.54, 1.807) is 0 Å². The van der Waals surface area contributed by atoms with Gasteiger partial charge in [0.05, 0.1) is 20.1 Å². The lowest BCUT2D eigenvalue weighted by molar-refractivity contribution is -0.145. The molecule has 0 aromatic heterocycles. The summed E-state index contributed by atoms with van der Waals surface area (Å²) in [6.07, 6.45) is 9.52. The van der Waals surface area contributed by atoms with Crippen LogP contribution in [0.25, 0.3) is 0 Å². The molecule has 4 nitrogen and oxygen atoms in total. The number of hydrogen-bond acceptors (Lipinski definition) is 4. The first kappa shape index (κ1) is 18.7. The van der Waals surface area contributed by atoms with Crippen LogP contribution in [0, 0.1) is 0 Å². The number of methoxy groups -OCH3 is 1. The molecule has 0 unspecified atom stereocenters. The molecule has 0 aliphatic carbocycles. The van der Waals surface area contributed by atoms with E-state index in [9.17, 15) is 9.59 Å². The van der Waals surface area contributed by atoms with Gasteiger partial charge in [0.1, 0.15) is 0 Å². The Morgan fingerprint density at radius 1 is 0.950 bits per heavy atom. The monoisotopic (exact) mass is 284 g/mol. The summed E-state index contributed by atoms with van der Waals surface area (Å²) in [5.74, 6) is -0.975. The highest BCUT2D eigenvalue weighted by Gasteiger charge is 2.12. The van der Waals surface area contributed by atoms with Crippen molar-refractivity contribution in [2.45, 2.75) is 64.7 Å². The van der Waals surface area contributed by atoms with Crippen molar-refractivity contribution in [2.75, 3.05) is 13.7 Å². The molecule has 116 valence electrons. The summed E-state index contributed by atoms with van der Waals surface area (Å²) in [5.41, 5.74) is 0.133. The Hall–Kier alpha value is -1.32. The topological polar surface area (TPSA) is 52.6 Å². The molecule has 0 aromatic rings. The molecule has 0 aliphatic heterocycles. The molecular weight excluding hydrogens is 256 g/mol. The fraction of sp³-hybridized carbons (Fsp3) is 0.750. The van der Waals surface area contributed by atoms with Gasteiger partial charge in [0.15, 0.2) is 0 Å². The van der Waals surface area contributed by atoms with E-state index in [2.05, 4.69) is 18.2 Å². The first-order chi connectivity index (χ1) is 9.61. The van der Waals surface area contributed by atoms with Gasteiger partial charge in [0.2, 0.25) is 0 Å². The van der Waals surface area contributed by atoms with Crippen molar-refractivity contribution in [3.63, 3.8) is 0 Å². The normalized spacial score (nSPS) is 10.1. The van der Waals surface area contributed by atoms with Gasteiger partial charge in [-0.2, -0.15) is 0 Å². The number of hydrogen-bond donors (Lipinski definition) is 0. The standard InChI is InChI=1S/C16H28O4/c1-4-5-6-7-8-9-10-11-12-20-15(17)13-14(2)16(18)19-3/h2,4-13H2,1,3H3. The Morgan fingerprint density at radius 2 is 1.50 bits per heavy atom. The second-order valence-corrected chi connectivity index (χ2v) is 4.97. The second-order valence-electron chi connectivity index (χ2n) is 4.97. The lowest BCUT2D eigenvalue weighted by atomic mass is 10.1. The van der Waals surface area contributed by atoms with Crippen molar-refractivity contribution in [2.24, 2.45) is 0 Å². The third kappa shape index (κ3) is 10.6. The summed E-state index contributed by atoms with van der Waals surface area (Å²) in [4.78, 5) is 22.4. The van der Waals surface area contributed by atoms with Gasteiger partial charge in [-0.25, -0.2) is 4.79 Å². The molecule has 4 heteroatoms. The van der Waals surface area contributed by atoms with E-state index in [1.165, 1.54) is 45.6 Å². The quantitative estimate of drug-likeness (QED) is 0.311. The maximum Gasteiger partial charge on any atom is 0.333 e. The van der Waals surface area contributed by atoms with Crippen LogP contribution in [0.15, 0.2) is 12.2 Å². The lowest BCUT2D eigenvalue weighted by Crippen LogP contribution is -2.12. The van der Waals surface area contributed by atoms with Crippen LogP contribution in [-0.4, -0.2) is 25.7 Å². The summed E-state index contributed by atoms with van der Waals surface area (Å²) in [6.45, 7) is 6.11. The first-order valence-corrected chi connectivity index (χ1v) is 7.53. The van der Waals surface area contributed by atoms with E-state index in [1.807, 2.05) is 0 Å². The predicted octanol–water partition coefficient (Wildman–Crippen LogP) is 3.79. The fourth-order valence-corrected chi connectivity index (χ4v) is 1.86. The summed E-state index contributed by atoms with van der Waals surface area (Å²) >= 11 is 0. The van der Waals surface area contributed by atoms with Gasteiger partial charge in [-0.1, -0.05) is 58.4 Å². The zero-order chi connectivity index (χ0) is 15.2. The van der Waals surface area contributed by atoms with Gasteiger partial charge < -0.3 is 9.47 Å². The molecular formula is C16H28O4. The Kier molecular flexibility index (Phi) is 11.9. The highest BCUT2D eigenvalue weighted by Crippen LogP contribution is 2.09. The van der Waals surface area contributed by atoms with Crippen LogP contribution in [-0.2, 0) is 19.1 Å². The van der Waals surface area contributed by atoms with Crippen molar-refractivity contribution < 1.29 is 19.1 Å². The minimum Gasteiger partial charge on any atom is -0.466 e. The minimum atomic E-state index is -0.561. The minimum absolute atomic E-state index is 0.0936. The summed E-state index contributed by atoms with van der Waals surface area (Å²) in [7, 11) is 1.26. The van der Waals surface area contributed by atoms with E-state index < -0.39 is 11.9 Å². The molecule has 0 rings (SSSR count). The van der Waals surface area contributed by atoms with Gasteiger partial charge in [0.25, 0.3) is 0 Å². The zero-order valence-electron chi connectivity index (χ0n) is 12.9. The van der Waals surface area contributed by atoms with E-state index in [0.717, 1.165) is 12.8 Å².